The first-order valence-corrected chi connectivity index (χ1v) is 8.00. The van der Waals surface area contributed by atoms with Gasteiger partial charge >= 0.3 is 6.03 Å². The highest BCUT2D eigenvalue weighted by molar-refractivity contribution is 6.70. The minimum absolute atomic E-state index is 0.0526. The van der Waals surface area contributed by atoms with Crippen LogP contribution < -0.4 is 0 Å². The predicted molar refractivity (Wildman–Crippen MR) is 60.0 cm³/mol. The van der Waals surface area contributed by atoms with Gasteiger partial charge < -0.3 is 18.6 Å². The van der Waals surface area contributed by atoms with E-state index in [0.717, 1.165) is 0 Å². The molecule has 0 N–H and O–H groups in total. The lowest BCUT2D eigenvalue weighted by Crippen LogP contribution is -2.57. The number of nitrogens with zero attached hydrogens (tertiary/aromatic N) is 2. The Hall–Kier alpha value is -0.593. The molecule has 0 atom stereocenters. The molecule has 0 unspecified atom stereocenters. The number of ether oxygens (including phenoxy) is 1. The molecule has 1 saturated heterocycles. The van der Waals surface area contributed by atoms with Gasteiger partial charge in [-0.2, -0.15) is 0 Å². The second-order valence-electron chi connectivity index (χ2n) is 4.09. The zero-order valence-electron chi connectivity index (χ0n) is 9.95. The largest absolute Gasteiger partial charge is 0.402 e. The second-order valence-corrected chi connectivity index (χ2v) is 8.06. The van der Waals surface area contributed by atoms with Gasteiger partial charge in [0.25, 0.3) is 8.48 Å². The number of morpholine rings is 1. The van der Waals surface area contributed by atoms with Gasteiger partial charge in [-0.25, -0.2) is 4.79 Å². The third-order valence-corrected chi connectivity index (χ3v) is 5.68. The molecule has 0 aromatic carbocycles. The van der Waals surface area contributed by atoms with E-state index >= 15 is 0 Å². The van der Waals surface area contributed by atoms with Crippen LogP contribution in [0, 0.1) is 0 Å². The molecule has 1 fully saturated rings. The Labute approximate surface area is 92.1 Å². The Morgan fingerprint density at radius 3 is 2.40 bits per heavy atom. The zero-order chi connectivity index (χ0) is 11.5. The highest BCUT2D eigenvalue weighted by Crippen LogP contribution is 2.11. The summed E-state index contributed by atoms with van der Waals surface area (Å²) in [4.78, 5) is 13.9. The first-order valence-electron chi connectivity index (χ1n) is 5.14. The van der Waals surface area contributed by atoms with Crippen LogP contribution >= 0.6 is 0 Å². The van der Waals surface area contributed by atoms with Crippen molar-refractivity contribution in [2.45, 2.75) is 13.1 Å². The van der Waals surface area contributed by atoms with Gasteiger partial charge in [-0.1, -0.05) is 0 Å². The maximum absolute atomic E-state index is 12.1. The number of amides is 2. The van der Waals surface area contributed by atoms with Gasteiger partial charge in [-0.15, -0.1) is 0 Å². The van der Waals surface area contributed by atoms with E-state index in [4.69, 9.17) is 9.16 Å². The minimum Gasteiger partial charge on any atom is -0.402 e. The normalized spacial score (nSPS) is 17.7. The molecule has 0 saturated carbocycles. The van der Waals surface area contributed by atoms with Crippen LogP contribution in [-0.2, 0) is 9.16 Å². The molecule has 0 aromatic heterocycles. The number of carbonyl (C=O) groups excluding carboxylic acids is 1. The lowest BCUT2D eigenvalue weighted by Gasteiger charge is -2.37. The van der Waals surface area contributed by atoms with Gasteiger partial charge in [0.15, 0.2) is 0 Å². The lowest BCUT2D eigenvalue weighted by atomic mass is 10.4. The van der Waals surface area contributed by atoms with Crippen molar-refractivity contribution in [1.29, 1.82) is 0 Å². The Morgan fingerprint density at radius 1 is 1.40 bits per heavy atom. The average Bonchev–Trinajstić information content (AvgIpc) is 2.28. The van der Waals surface area contributed by atoms with Crippen molar-refractivity contribution >= 4 is 14.5 Å². The molecule has 1 heterocycles. The molecule has 15 heavy (non-hydrogen) atoms. The fraction of sp³-hybridized carbons (Fsp3) is 0.889. The van der Waals surface area contributed by atoms with E-state index in [0.29, 0.717) is 26.3 Å². The Balaban J connectivity index is 2.58. The predicted octanol–water partition coefficient (Wildman–Crippen LogP) is 0.719. The van der Waals surface area contributed by atoms with Crippen molar-refractivity contribution in [3.8, 4) is 0 Å². The fourth-order valence-electron chi connectivity index (χ4n) is 1.33. The van der Waals surface area contributed by atoms with E-state index in [1.165, 1.54) is 0 Å². The smallest absolute Gasteiger partial charge is 0.313 e. The highest BCUT2D eigenvalue weighted by atomic mass is 28.4. The maximum Gasteiger partial charge on any atom is 0.313 e. The Kier molecular flexibility index (Phi) is 4.12. The summed E-state index contributed by atoms with van der Waals surface area (Å²) >= 11 is 0. The molecule has 6 heteroatoms. The van der Waals surface area contributed by atoms with Gasteiger partial charge in [0.05, 0.1) is 13.2 Å². The monoisotopic (exact) mass is 232 g/mol. The molecule has 1 rings (SSSR count). The SMILES string of the molecule is CO[Si](C)(C)N(C)C(=O)N1CCOCC1. The summed E-state index contributed by atoms with van der Waals surface area (Å²) in [7, 11) is 1.45. The molecule has 1 aliphatic heterocycles. The molecular formula is C9H20N2O3Si. The van der Waals surface area contributed by atoms with Gasteiger partial charge in [-0.05, 0) is 13.1 Å². The maximum atomic E-state index is 12.1. The molecule has 0 radical (unpaired) electrons. The first-order chi connectivity index (χ1) is 6.99. The van der Waals surface area contributed by atoms with E-state index in [1.807, 2.05) is 25.0 Å². The summed E-state index contributed by atoms with van der Waals surface area (Å²) in [6, 6.07) is 0.0526. The molecule has 2 amide bonds. The molecule has 0 bridgehead atoms. The van der Waals surface area contributed by atoms with E-state index < -0.39 is 8.48 Å². The van der Waals surface area contributed by atoms with Crippen LogP contribution in [0.4, 0.5) is 4.79 Å². The molecule has 88 valence electrons. The Morgan fingerprint density at radius 2 is 1.93 bits per heavy atom. The summed E-state index contributed by atoms with van der Waals surface area (Å²) in [5.41, 5.74) is 0. The molecular weight excluding hydrogens is 212 g/mol. The van der Waals surface area contributed by atoms with Crippen LogP contribution in [0.15, 0.2) is 0 Å². The van der Waals surface area contributed by atoms with Gasteiger partial charge in [0, 0.05) is 27.2 Å². The van der Waals surface area contributed by atoms with Crippen LogP contribution in [0.25, 0.3) is 0 Å². The van der Waals surface area contributed by atoms with E-state index in [2.05, 4.69) is 0 Å². The highest BCUT2D eigenvalue weighted by Gasteiger charge is 2.34. The van der Waals surface area contributed by atoms with Crippen LogP contribution in [0.1, 0.15) is 0 Å². The summed E-state index contributed by atoms with van der Waals surface area (Å²) in [5, 5.41) is 0. The average molecular weight is 232 g/mol. The number of hydrogen-bond donors (Lipinski definition) is 0. The number of hydrogen-bond acceptors (Lipinski definition) is 3. The summed E-state index contributed by atoms with van der Waals surface area (Å²) < 4.78 is 12.4. The number of rotatable bonds is 2. The van der Waals surface area contributed by atoms with Crippen molar-refractivity contribution in [2.24, 2.45) is 0 Å². The number of urea groups is 1. The van der Waals surface area contributed by atoms with Crippen molar-refractivity contribution in [1.82, 2.24) is 9.47 Å². The quantitative estimate of drug-likeness (QED) is 0.659. The molecule has 0 aliphatic carbocycles. The van der Waals surface area contributed by atoms with Gasteiger partial charge in [0.2, 0.25) is 0 Å². The van der Waals surface area contributed by atoms with Gasteiger partial charge in [0.1, 0.15) is 0 Å². The fourth-order valence-corrected chi connectivity index (χ4v) is 2.21. The van der Waals surface area contributed by atoms with Crippen LogP contribution in [0.2, 0.25) is 13.1 Å². The van der Waals surface area contributed by atoms with Crippen molar-refractivity contribution < 1.29 is 14.0 Å². The van der Waals surface area contributed by atoms with Crippen LogP contribution in [0.3, 0.4) is 0 Å². The van der Waals surface area contributed by atoms with Crippen LogP contribution in [0.5, 0.6) is 0 Å². The van der Waals surface area contributed by atoms with Crippen molar-refractivity contribution in [3.63, 3.8) is 0 Å². The minimum atomic E-state index is -2.03. The van der Waals surface area contributed by atoms with E-state index in [9.17, 15) is 4.79 Å². The number of carbonyl (C=O) groups is 1. The van der Waals surface area contributed by atoms with Crippen LogP contribution in [-0.4, -0.2) is 64.4 Å². The first kappa shape index (κ1) is 12.5. The third kappa shape index (κ3) is 2.93. The molecule has 1 aliphatic rings. The van der Waals surface area contributed by atoms with Crippen molar-refractivity contribution in [3.05, 3.63) is 0 Å². The molecule has 5 nitrogen and oxygen atoms in total. The zero-order valence-corrected chi connectivity index (χ0v) is 10.9. The molecule has 0 spiro atoms. The standard InChI is InChI=1S/C9H20N2O3Si/c1-10(15(3,4)13-2)9(12)11-5-7-14-8-6-11/h5-8H2,1-4H3. The van der Waals surface area contributed by atoms with E-state index in [-0.39, 0.29) is 6.03 Å². The van der Waals surface area contributed by atoms with E-state index in [1.54, 1.807) is 11.7 Å². The third-order valence-electron chi connectivity index (χ3n) is 2.88. The topological polar surface area (TPSA) is 42.0 Å². The summed E-state index contributed by atoms with van der Waals surface area (Å²) in [6.07, 6.45) is 0. The lowest BCUT2D eigenvalue weighted by molar-refractivity contribution is 0.0483. The molecule has 0 aromatic rings. The second kappa shape index (κ2) is 4.96. The van der Waals surface area contributed by atoms with Crippen molar-refractivity contribution in [2.75, 3.05) is 40.5 Å². The van der Waals surface area contributed by atoms with Gasteiger partial charge in [-0.3, -0.25) is 0 Å². The Bertz CT molecular complexity index is 229. The summed E-state index contributed by atoms with van der Waals surface area (Å²) in [5.74, 6) is 0. The summed E-state index contributed by atoms with van der Waals surface area (Å²) in [6.45, 7) is 6.63.